The van der Waals surface area contributed by atoms with E-state index < -0.39 is 0 Å². The molecule has 1 aromatic rings. The van der Waals surface area contributed by atoms with Crippen molar-refractivity contribution in [2.24, 2.45) is 4.99 Å². The van der Waals surface area contributed by atoms with Crippen molar-refractivity contribution in [2.45, 2.75) is 56.9 Å². The van der Waals surface area contributed by atoms with Gasteiger partial charge in [0.25, 0.3) is 0 Å². The average Bonchev–Trinajstić information content (AvgIpc) is 3.46. The fourth-order valence-corrected chi connectivity index (χ4v) is 4.96. The molecule has 1 saturated heterocycles. The number of ether oxygens (including phenoxy) is 2. The van der Waals surface area contributed by atoms with Gasteiger partial charge in [0.05, 0.1) is 0 Å². The van der Waals surface area contributed by atoms with Gasteiger partial charge in [0.2, 0.25) is 5.91 Å². The molecular weight excluding hydrogens is 380 g/mol. The summed E-state index contributed by atoms with van der Waals surface area (Å²) in [6, 6.07) is 6.67. The van der Waals surface area contributed by atoms with E-state index in [1.54, 1.807) is 0 Å². The Morgan fingerprint density at radius 2 is 2.00 bits per heavy atom. The molecule has 1 amide bonds. The standard InChI is InChI=1S/C23H34N4O3/c1-3-21(28)27-11-8-18(15-27)26-22(24-2)25-16-23(9-4-5-10-23)17-6-7-19-20(14-17)30-13-12-29-19/h6-7,14,18H,3-5,8-13,15-16H2,1-2H3,(H2,24,25,26). The number of amides is 1. The number of rotatable bonds is 5. The maximum atomic E-state index is 11.9. The zero-order valence-corrected chi connectivity index (χ0v) is 18.2. The number of nitrogens with one attached hydrogen (secondary N) is 2. The van der Waals surface area contributed by atoms with Crippen molar-refractivity contribution in [3.8, 4) is 11.5 Å². The van der Waals surface area contributed by atoms with Gasteiger partial charge in [-0.3, -0.25) is 9.79 Å². The Labute approximate surface area is 179 Å². The summed E-state index contributed by atoms with van der Waals surface area (Å²) in [5.41, 5.74) is 1.39. The SMILES string of the molecule is CCC(=O)N1CCC(NC(=NC)NCC2(c3ccc4c(c3)OCCO4)CCCC2)C1. The monoisotopic (exact) mass is 414 g/mol. The molecular formula is C23H34N4O3. The second-order valence-corrected chi connectivity index (χ2v) is 8.59. The number of carbonyl (C=O) groups is 1. The van der Waals surface area contributed by atoms with Crippen LogP contribution >= 0.6 is 0 Å². The van der Waals surface area contributed by atoms with Crippen LogP contribution in [-0.4, -0.2) is 62.7 Å². The molecule has 1 unspecified atom stereocenters. The minimum Gasteiger partial charge on any atom is -0.486 e. The summed E-state index contributed by atoms with van der Waals surface area (Å²) >= 11 is 0. The molecule has 3 aliphatic rings. The molecule has 2 N–H and O–H groups in total. The lowest BCUT2D eigenvalue weighted by molar-refractivity contribution is -0.129. The molecule has 0 spiro atoms. The summed E-state index contributed by atoms with van der Waals surface area (Å²) < 4.78 is 11.5. The largest absolute Gasteiger partial charge is 0.486 e. The normalized spacial score (nSPS) is 22.8. The summed E-state index contributed by atoms with van der Waals surface area (Å²) in [6.07, 6.45) is 6.30. The van der Waals surface area contributed by atoms with Crippen LogP contribution in [0, 0.1) is 0 Å². The number of likely N-dealkylation sites (tertiary alicyclic amines) is 1. The third-order valence-electron chi connectivity index (χ3n) is 6.72. The molecule has 30 heavy (non-hydrogen) atoms. The second kappa shape index (κ2) is 9.14. The fraction of sp³-hybridized carbons (Fsp3) is 0.652. The zero-order valence-electron chi connectivity index (χ0n) is 18.2. The molecule has 1 aliphatic carbocycles. The van der Waals surface area contributed by atoms with Gasteiger partial charge in [-0.05, 0) is 37.0 Å². The Morgan fingerprint density at radius 3 is 2.73 bits per heavy atom. The Hall–Kier alpha value is -2.44. The number of benzene rings is 1. The first-order valence-corrected chi connectivity index (χ1v) is 11.3. The lowest BCUT2D eigenvalue weighted by Gasteiger charge is -2.32. The van der Waals surface area contributed by atoms with E-state index in [1.807, 2.05) is 18.9 Å². The lowest BCUT2D eigenvalue weighted by atomic mass is 9.78. The van der Waals surface area contributed by atoms with Gasteiger partial charge in [0.15, 0.2) is 17.5 Å². The van der Waals surface area contributed by atoms with Gasteiger partial charge < -0.3 is 25.0 Å². The quantitative estimate of drug-likeness (QED) is 0.572. The maximum absolute atomic E-state index is 11.9. The molecule has 164 valence electrons. The van der Waals surface area contributed by atoms with Crippen molar-refractivity contribution >= 4 is 11.9 Å². The number of guanidine groups is 1. The number of hydrogen-bond donors (Lipinski definition) is 2. The van der Waals surface area contributed by atoms with E-state index in [9.17, 15) is 4.79 Å². The smallest absolute Gasteiger partial charge is 0.222 e. The van der Waals surface area contributed by atoms with Gasteiger partial charge in [-0.1, -0.05) is 25.8 Å². The van der Waals surface area contributed by atoms with Gasteiger partial charge >= 0.3 is 0 Å². The van der Waals surface area contributed by atoms with Crippen LogP contribution in [0.2, 0.25) is 0 Å². The molecule has 1 aromatic carbocycles. The van der Waals surface area contributed by atoms with E-state index in [0.29, 0.717) is 19.6 Å². The van der Waals surface area contributed by atoms with Crippen LogP contribution in [0.4, 0.5) is 0 Å². The van der Waals surface area contributed by atoms with E-state index in [-0.39, 0.29) is 17.4 Å². The Balaban J connectivity index is 1.40. The second-order valence-electron chi connectivity index (χ2n) is 8.59. The van der Waals surface area contributed by atoms with Gasteiger partial charge in [-0.2, -0.15) is 0 Å². The van der Waals surface area contributed by atoms with E-state index in [2.05, 4.69) is 33.8 Å². The highest BCUT2D eigenvalue weighted by Crippen LogP contribution is 2.43. The molecule has 2 heterocycles. The predicted molar refractivity (Wildman–Crippen MR) is 117 cm³/mol. The van der Waals surface area contributed by atoms with Gasteiger partial charge in [-0.15, -0.1) is 0 Å². The highest BCUT2D eigenvalue weighted by Gasteiger charge is 2.37. The van der Waals surface area contributed by atoms with Crippen molar-refractivity contribution in [2.75, 3.05) is 39.9 Å². The summed E-state index contributed by atoms with van der Waals surface area (Å²) in [4.78, 5) is 18.3. The van der Waals surface area contributed by atoms with Crippen LogP contribution in [0.5, 0.6) is 11.5 Å². The minimum absolute atomic E-state index is 0.0767. The molecule has 2 aliphatic heterocycles. The van der Waals surface area contributed by atoms with Crippen molar-refractivity contribution in [3.05, 3.63) is 23.8 Å². The van der Waals surface area contributed by atoms with Crippen LogP contribution < -0.4 is 20.1 Å². The fourth-order valence-electron chi connectivity index (χ4n) is 4.96. The van der Waals surface area contributed by atoms with Crippen molar-refractivity contribution in [1.82, 2.24) is 15.5 Å². The van der Waals surface area contributed by atoms with Crippen LogP contribution in [0.3, 0.4) is 0 Å². The number of aliphatic imine (C=N–C) groups is 1. The van der Waals surface area contributed by atoms with Gasteiger partial charge in [-0.25, -0.2) is 0 Å². The molecule has 7 heteroatoms. The van der Waals surface area contributed by atoms with E-state index in [1.165, 1.54) is 18.4 Å². The predicted octanol–water partition coefficient (Wildman–Crippen LogP) is 2.45. The molecule has 4 rings (SSSR count). The molecule has 7 nitrogen and oxygen atoms in total. The summed E-state index contributed by atoms with van der Waals surface area (Å²) in [5, 5.41) is 7.10. The van der Waals surface area contributed by atoms with Crippen molar-refractivity contribution in [1.29, 1.82) is 0 Å². The summed E-state index contributed by atoms with van der Waals surface area (Å²) in [5.74, 6) is 2.75. The van der Waals surface area contributed by atoms with Crippen molar-refractivity contribution < 1.29 is 14.3 Å². The highest BCUT2D eigenvalue weighted by atomic mass is 16.6. The number of hydrogen-bond acceptors (Lipinski definition) is 4. The Kier molecular flexibility index (Phi) is 6.35. The van der Waals surface area contributed by atoms with Gasteiger partial charge in [0, 0.05) is 44.6 Å². The zero-order chi connectivity index (χ0) is 21.0. The van der Waals surface area contributed by atoms with Crippen LogP contribution in [-0.2, 0) is 10.2 Å². The topological polar surface area (TPSA) is 75.2 Å². The molecule has 2 fully saturated rings. The Morgan fingerprint density at radius 1 is 1.23 bits per heavy atom. The molecule has 0 bridgehead atoms. The lowest BCUT2D eigenvalue weighted by Crippen LogP contribution is -2.48. The van der Waals surface area contributed by atoms with E-state index >= 15 is 0 Å². The molecule has 1 atom stereocenters. The molecule has 0 radical (unpaired) electrons. The number of carbonyl (C=O) groups excluding carboxylic acids is 1. The van der Waals surface area contributed by atoms with E-state index in [0.717, 1.165) is 56.4 Å². The Bertz CT molecular complexity index is 789. The third-order valence-corrected chi connectivity index (χ3v) is 6.72. The van der Waals surface area contributed by atoms with Crippen LogP contribution in [0.25, 0.3) is 0 Å². The third kappa shape index (κ3) is 4.35. The van der Waals surface area contributed by atoms with Gasteiger partial charge in [0.1, 0.15) is 13.2 Å². The molecule has 1 saturated carbocycles. The minimum atomic E-state index is 0.0767. The maximum Gasteiger partial charge on any atom is 0.222 e. The summed E-state index contributed by atoms with van der Waals surface area (Å²) in [7, 11) is 1.81. The highest BCUT2D eigenvalue weighted by molar-refractivity contribution is 5.80. The first-order valence-electron chi connectivity index (χ1n) is 11.3. The van der Waals surface area contributed by atoms with Crippen LogP contribution in [0.1, 0.15) is 51.0 Å². The number of nitrogens with zero attached hydrogens (tertiary/aromatic N) is 2. The van der Waals surface area contributed by atoms with Crippen LogP contribution in [0.15, 0.2) is 23.2 Å². The van der Waals surface area contributed by atoms with E-state index in [4.69, 9.17) is 9.47 Å². The average molecular weight is 415 g/mol. The first kappa shape index (κ1) is 20.8. The van der Waals surface area contributed by atoms with Crippen molar-refractivity contribution in [3.63, 3.8) is 0 Å². The first-order chi connectivity index (χ1) is 14.6. The number of fused-ring (bicyclic) bond motifs is 1. The summed E-state index contributed by atoms with van der Waals surface area (Å²) in [6.45, 7) is 5.54. The molecule has 0 aromatic heterocycles.